The maximum Gasteiger partial charge on any atom is 0.242 e. The molecule has 27 heavy (non-hydrogen) atoms. The fraction of sp³-hybridized carbons (Fsp3) is 0.600. The molecule has 0 spiro atoms. The van der Waals surface area contributed by atoms with Gasteiger partial charge in [0.05, 0.1) is 6.54 Å². The van der Waals surface area contributed by atoms with E-state index in [0.717, 1.165) is 38.8 Å². The van der Waals surface area contributed by atoms with Gasteiger partial charge in [-0.3, -0.25) is 19.4 Å². The van der Waals surface area contributed by atoms with Crippen LogP contribution >= 0.6 is 0 Å². The lowest BCUT2D eigenvalue weighted by molar-refractivity contribution is -0.127. The van der Waals surface area contributed by atoms with Crippen LogP contribution in [0.2, 0.25) is 0 Å². The molecule has 6 nitrogen and oxygen atoms in total. The van der Waals surface area contributed by atoms with Crippen LogP contribution in [0.1, 0.15) is 37.3 Å². The highest BCUT2D eigenvalue weighted by molar-refractivity contribution is 5.83. The van der Waals surface area contributed by atoms with E-state index in [2.05, 4.69) is 15.5 Å². The summed E-state index contributed by atoms with van der Waals surface area (Å²) in [6, 6.07) is 6.18. The van der Waals surface area contributed by atoms with E-state index in [4.69, 9.17) is 0 Å². The van der Waals surface area contributed by atoms with Crippen molar-refractivity contribution in [2.75, 3.05) is 33.7 Å². The number of nitrogens with zero attached hydrogens (tertiary/aromatic N) is 2. The molecular weight excluding hydrogens is 347 g/mol. The van der Waals surface area contributed by atoms with Crippen molar-refractivity contribution in [3.8, 4) is 0 Å². The number of benzene rings is 1. The average Bonchev–Trinajstić information content (AvgIpc) is 3.42. The molecule has 148 valence electrons. The second-order valence-electron chi connectivity index (χ2n) is 7.79. The van der Waals surface area contributed by atoms with Gasteiger partial charge in [-0.15, -0.1) is 0 Å². The maximum absolute atomic E-state index is 14.2. The number of carbonyl (C=O) groups excluding carboxylic acids is 2. The summed E-state index contributed by atoms with van der Waals surface area (Å²) in [5.41, 5.74) is 0.384. The predicted octanol–water partition coefficient (Wildman–Crippen LogP) is 1.29. The van der Waals surface area contributed by atoms with Crippen LogP contribution in [0.15, 0.2) is 24.3 Å². The number of rotatable bonds is 7. The van der Waals surface area contributed by atoms with Gasteiger partial charge in [0, 0.05) is 30.7 Å². The minimum absolute atomic E-state index is 0.0504. The summed E-state index contributed by atoms with van der Waals surface area (Å²) in [5, 5.41) is 6.07. The van der Waals surface area contributed by atoms with E-state index in [1.807, 2.05) is 0 Å². The summed E-state index contributed by atoms with van der Waals surface area (Å²) >= 11 is 0. The van der Waals surface area contributed by atoms with Crippen molar-refractivity contribution in [3.63, 3.8) is 0 Å². The van der Waals surface area contributed by atoms with E-state index in [1.54, 1.807) is 37.2 Å². The third-order valence-corrected chi connectivity index (χ3v) is 5.21. The van der Waals surface area contributed by atoms with Crippen molar-refractivity contribution >= 4 is 11.8 Å². The van der Waals surface area contributed by atoms with Crippen molar-refractivity contribution in [3.05, 3.63) is 35.6 Å². The van der Waals surface area contributed by atoms with Gasteiger partial charge in [0.2, 0.25) is 11.8 Å². The van der Waals surface area contributed by atoms with Crippen LogP contribution in [0, 0.1) is 5.82 Å². The maximum atomic E-state index is 14.2. The summed E-state index contributed by atoms with van der Waals surface area (Å²) in [7, 11) is 3.55. The zero-order valence-corrected chi connectivity index (χ0v) is 16.1. The Morgan fingerprint density at radius 1 is 1.11 bits per heavy atom. The smallest absolute Gasteiger partial charge is 0.242 e. The van der Waals surface area contributed by atoms with Crippen molar-refractivity contribution < 1.29 is 14.0 Å². The van der Waals surface area contributed by atoms with Crippen LogP contribution in [0.25, 0.3) is 0 Å². The number of piperidine rings is 1. The van der Waals surface area contributed by atoms with Gasteiger partial charge in [-0.2, -0.15) is 0 Å². The molecule has 1 heterocycles. The quantitative estimate of drug-likeness (QED) is 0.753. The number of hydrogen-bond donors (Lipinski definition) is 2. The van der Waals surface area contributed by atoms with Gasteiger partial charge in [-0.05, 0) is 45.8 Å². The molecule has 2 amide bonds. The minimum Gasteiger partial charge on any atom is -0.352 e. The second kappa shape index (κ2) is 8.80. The monoisotopic (exact) mass is 376 g/mol. The highest BCUT2D eigenvalue weighted by Crippen LogP contribution is 2.22. The van der Waals surface area contributed by atoms with Crippen LogP contribution in [-0.2, 0) is 9.59 Å². The Hall–Kier alpha value is -1.99. The van der Waals surface area contributed by atoms with E-state index >= 15 is 0 Å². The van der Waals surface area contributed by atoms with Crippen molar-refractivity contribution in [2.45, 2.75) is 43.8 Å². The van der Waals surface area contributed by atoms with Crippen LogP contribution in [0.5, 0.6) is 0 Å². The zero-order valence-electron chi connectivity index (χ0n) is 16.1. The lowest BCUT2D eigenvalue weighted by Gasteiger charge is -2.33. The standard InChI is InChI=1S/C20H29FN4O2/c1-24(2)19(16-5-3-4-6-17(16)21)20(27)23-15-9-11-25(12-10-15)13-18(26)22-14-7-8-14/h3-6,14-15,19H,7-13H2,1-2H3,(H,22,26)(H,23,27)/t19-/m1/s1. The Kier molecular flexibility index (Phi) is 6.44. The molecule has 0 unspecified atom stereocenters. The van der Waals surface area contributed by atoms with Gasteiger partial charge in [0.1, 0.15) is 11.9 Å². The average molecular weight is 376 g/mol. The molecule has 3 rings (SSSR count). The van der Waals surface area contributed by atoms with Crippen LogP contribution in [0.4, 0.5) is 4.39 Å². The Bertz CT molecular complexity index is 670. The van der Waals surface area contributed by atoms with Crippen LogP contribution < -0.4 is 10.6 Å². The number of carbonyl (C=O) groups is 2. The van der Waals surface area contributed by atoms with E-state index in [1.165, 1.54) is 6.07 Å². The molecule has 1 aromatic carbocycles. The molecule has 0 bridgehead atoms. The fourth-order valence-corrected chi connectivity index (χ4v) is 3.57. The zero-order chi connectivity index (χ0) is 19.4. The highest BCUT2D eigenvalue weighted by Gasteiger charge is 2.30. The molecule has 1 aliphatic heterocycles. The summed E-state index contributed by atoms with van der Waals surface area (Å²) in [6.07, 6.45) is 3.77. The molecular formula is C20H29FN4O2. The van der Waals surface area contributed by atoms with Gasteiger partial charge >= 0.3 is 0 Å². The normalized spacial score (nSPS) is 19.7. The van der Waals surface area contributed by atoms with Crippen molar-refractivity contribution in [1.29, 1.82) is 0 Å². The third kappa shape index (κ3) is 5.49. The lowest BCUT2D eigenvalue weighted by atomic mass is 10.0. The van der Waals surface area contributed by atoms with Gasteiger partial charge in [-0.25, -0.2) is 4.39 Å². The number of likely N-dealkylation sites (tertiary alicyclic amines) is 1. The first-order valence-corrected chi connectivity index (χ1v) is 9.67. The Balaban J connectivity index is 1.50. The number of halogens is 1. The fourth-order valence-electron chi connectivity index (χ4n) is 3.57. The first-order valence-electron chi connectivity index (χ1n) is 9.67. The second-order valence-corrected chi connectivity index (χ2v) is 7.79. The summed E-state index contributed by atoms with van der Waals surface area (Å²) in [5.74, 6) is -0.468. The largest absolute Gasteiger partial charge is 0.352 e. The molecule has 7 heteroatoms. The number of likely N-dealkylation sites (N-methyl/N-ethyl adjacent to an activating group) is 1. The Labute approximate surface area is 160 Å². The molecule has 1 atom stereocenters. The Morgan fingerprint density at radius 2 is 1.74 bits per heavy atom. The lowest BCUT2D eigenvalue weighted by Crippen LogP contribution is -2.49. The summed E-state index contributed by atoms with van der Waals surface area (Å²) < 4.78 is 14.2. The van der Waals surface area contributed by atoms with Gasteiger partial charge < -0.3 is 10.6 Å². The number of nitrogens with one attached hydrogen (secondary N) is 2. The first kappa shape index (κ1) is 19.8. The topological polar surface area (TPSA) is 64.7 Å². The molecule has 1 aromatic rings. The molecule has 1 saturated heterocycles. The van der Waals surface area contributed by atoms with Crippen molar-refractivity contribution in [1.82, 2.24) is 20.4 Å². The van der Waals surface area contributed by atoms with E-state index in [9.17, 15) is 14.0 Å². The van der Waals surface area contributed by atoms with Gasteiger partial charge in [-0.1, -0.05) is 18.2 Å². The number of hydrogen-bond acceptors (Lipinski definition) is 4. The Morgan fingerprint density at radius 3 is 2.33 bits per heavy atom. The molecule has 2 aliphatic rings. The summed E-state index contributed by atoms with van der Waals surface area (Å²) in [6.45, 7) is 1.97. The SMILES string of the molecule is CN(C)[C@@H](C(=O)NC1CCN(CC(=O)NC2CC2)CC1)c1ccccc1F. The molecule has 2 fully saturated rings. The minimum atomic E-state index is -0.659. The van der Waals surface area contributed by atoms with Crippen LogP contribution in [-0.4, -0.2) is 67.4 Å². The molecule has 1 saturated carbocycles. The predicted molar refractivity (Wildman–Crippen MR) is 102 cm³/mol. The highest BCUT2D eigenvalue weighted by atomic mass is 19.1. The molecule has 0 radical (unpaired) electrons. The number of amides is 2. The molecule has 2 N–H and O–H groups in total. The summed E-state index contributed by atoms with van der Waals surface area (Å²) in [4.78, 5) is 28.6. The van der Waals surface area contributed by atoms with Gasteiger partial charge in [0.25, 0.3) is 0 Å². The third-order valence-electron chi connectivity index (χ3n) is 5.21. The van der Waals surface area contributed by atoms with E-state index < -0.39 is 6.04 Å². The molecule has 0 aromatic heterocycles. The van der Waals surface area contributed by atoms with E-state index in [-0.39, 0.29) is 23.7 Å². The van der Waals surface area contributed by atoms with Crippen LogP contribution in [0.3, 0.4) is 0 Å². The van der Waals surface area contributed by atoms with Crippen molar-refractivity contribution in [2.24, 2.45) is 0 Å². The molecule has 1 aliphatic carbocycles. The van der Waals surface area contributed by atoms with Gasteiger partial charge in [0.15, 0.2) is 0 Å². The van der Waals surface area contributed by atoms with E-state index in [0.29, 0.717) is 18.2 Å². The first-order chi connectivity index (χ1) is 12.9.